The quantitative estimate of drug-likeness (QED) is 0.622. The van der Waals surface area contributed by atoms with Crippen molar-refractivity contribution in [1.29, 1.82) is 0 Å². The molecule has 2 atom stereocenters. The number of hydrogen-bond donors (Lipinski definition) is 0. The highest BCUT2D eigenvalue weighted by molar-refractivity contribution is 6.54. The van der Waals surface area contributed by atoms with Crippen LogP contribution < -0.4 is 4.90 Å². The fraction of sp³-hybridized carbons (Fsp3) is 0.429. The van der Waals surface area contributed by atoms with E-state index >= 15 is 0 Å². The van der Waals surface area contributed by atoms with E-state index in [0.29, 0.717) is 12.1 Å². The molecule has 0 saturated heterocycles. The molecule has 0 aliphatic carbocycles. The Bertz CT molecular complexity index is 533. The van der Waals surface area contributed by atoms with E-state index < -0.39 is 4.84 Å². The number of esters is 1. The summed E-state index contributed by atoms with van der Waals surface area (Å²) in [5, 5.41) is 0. The summed E-state index contributed by atoms with van der Waals surface area (Å²) in [6.07, 6.45) is 0.482. The van der Waals surface area contributed by atoms with Crippen molar-refractivity contribution in [2.45, 2.75) is 30.1 Å². The van der Waals surface area contributed by atoms with E-state index in [4.69, 9.17) is 27.9 Å². The number of hydrogen-bond acceptors (Lipinski definition) is 3. The molecule has 4 nitrogen and oxygen atoms in total. The van der Waals surface area contributed by atoms with Gasteiger partial charge in [-0.3, -0.25) is 9.59 Å². The number of alkyl halides is 2. The molecule has 0 aromatic heterocycles. The molecular formula is C14H15Cl2NO3. The summed E-state index contributed by atoms with van der Waals surface area (Å²) in [7, 11) is 1.36. The first-order valence-corrected chi connectivity index (χ1v) is 7.12. The Morgan fingerprint density at radius 1 is 1.35 bits per heavy atom. The van der Waals surface area contributed by atoms with Crippen molar-refractivity contribution >= 4 is 40.8 Å². The highest BCUT2D eigenvalue weighted by atomic mass is 35.5. The van der Waals surface area contributed by atoms with E-state index in [1.807, 2.05) is 25.1 Å². The van der Waals surface area contributed by atoms with Gasteiger partial charge in [-0.2, -0.15) is 0 Å². The van der Waals surface area contributed by atoms with Gasteiger partial charge in [0.15, 0.2) is 4.84 Å². The lowest BCUT2D eigenvalue weighted by Crippen LogP contribution is -2.46. The highest BCUT2D eigenvalue weighted by Gasteiger charge is 2.38. The number of carbonyl (C=O) groups is 2. The number of benzene rings is 1. The zero-order valence-corrected chi connectivity index (χ0v) is 12.7. The molecule has 6 heteroatoms. The number of methoxy groups -OCH3 is 1. The Kier molecular flexibility index (Phi) is 4.55. The fourth-order valence-corrected chi connectivity index (χ4v) is 2.83. The maximum absolute atomic E-state index is 12.2. The minimum atomic E-state index is -1.12. The van der Waals surface area contributed by atoms with E-state index in [-0.39, 0.29) is 23.8 Å². The Labute approximate surface area is 127 Å². The topological polar surface area (TPSA) is 46.6 Å². The van der Waals surface area contributed by atoms with Crippen molar-refractivity contribution in [3.63, 3.8) is 0 Å². The maximum Gasteiger partial charge on any atom is 0.313 e. The number of anilines is 1. The third kappa shape index (κ3) is 2.63. The maximum atomic E-state index is 12.2. The second kappa shape index (κ2) is 6.02. The van der Waals surface area contributed by atoms with E-state index in [0.717, 1.165) is 5.56 Å². The number of ether oxygens (including phenoxy) is 1. The molecule has 0 spiro atoms. The first-order chi connectivity index (χ1) is 9.47. The molecule has 1 amide bonds. The summed E-state index contributed by atoms with van der Waals surface area (Å²) in [4.78, 5) is 24.5. The molecule has 20 heavy (non-hydrogen) atoms. The van der Waals surface area contributed by atoms with Gasteiger partial charge in [0.05, 0.1) is 13.0 Å². The van der Waals surface area contributed by atoms with E-state index in [9.17, 15) is 9.59 Å². The van der Waals surface area contributed by atoms with Gasteiger partial charge in [-0.1, -0.05) is 41.4 Å². The standard InChI is InChI=1S/C14H15Cl2NO3/c1-8-7-10(14(19)20-2)9-5-3-4-6-11(9)17(8)13(18)12(15)16/h3-6,8,10,12H,7H2,1-2H3. The lowest BCUT2D eigenvalue weighted by molar-refractivity contribution is -0.143. The Morgan fingerprint density at radius 2 is 2.00 bits per heavy atom. The predicted octanol–water partition coefficient (Wildman–Crippen LogP) is 2.87. The third-order valence-corrected chi connectivity index (χ3v) is 3.87. The fourth-order valence-electron chi connectivity index (χ4n) is 2.62. The summed E-state index contributed by atoms with van der Waals surface area (Å²) >= 11 is 11.4. The Hall–Kier alpha value is -1.26. The zero-order chi connectivity index (χ0) is 14.9. The molecule has 0 saturated carbocycles. The van der Waals surface area contributed by atoms with Crippen LogP contribution in [0, 0.1) is 0 Å². The first-order valence-electron chi connectivity index (χ1n) is 6.25. The van der Waals surface area contributed by atoms with Gasteiger partial charge >= 0.3 is 5.97 Å². The van der Waals surface area contributed by atoms with E-state index in [1.165, 1.54) is 7.11 Å². The average Bonchev–Trinajstić information content (AvgIpc) is 2.44. The normalized spacial score (nSPS) is 21.6. The van der Waals surface area contributed by atoms with Crippen LogP contribution >= 0.6 is 23.2 Å². The van der Waals surface area contributed by atoms with Gasteiger partial charge in [0.25, 0.3) is 5.91 Å². The van der Waals surface area contributed by atoms with Crippen molar-refractivity contribution in [2.24, 2.45) is 0 Å². The van der Waals surface area contributed by atoms with Crippen molar-refractivity contribution in [1.82, 2.24) is 0 Å². The van der Waals surface area contributed by atoms with Gasteiger partial charge in [-0.25, -0.2) is 0 Å². The molecule has 2 rings (SSSR count). The third-order valence-electron chi connectivity index (χ3n) is 3.50. The van der Waals surface area contributed by atoms with Crippen LogP contribution in [0.4, 0.5) is 5.69 Å². The molecule has 0 N–H and O–H groups in total. The number of carbonyl (C=O) groups excluding carboxylic acids is 2. The largest absolute Gasteiger partial charge is 0.469 e. The molecule has 0 radical (unpaired) electrons. The van der Waals surface area contributed by atoms with E-state index in [2.05, 4.69) is 0 Å². The lowest BCUT2D eigenvalue weighted by atomic mass is 9.86. The highest BCUT2D eigenvalue weighted by Crippen LogP contribution is 2.39. The average molecular weight is 316 g/mol. The summed E-state index contributed by atoms with van der Waals surface area (Å²) in [5.74, 6) is -1.05. The summed E-state index contributed by atoms with van der Waals surface area (Å²) in [6.45, 7) is 1.86. The van der Waals surface area contributed by atoms with Gasteiger partial charge in [-0.05, 0) is 25.0 Å². The SMILES string of the molecule is COC(=O)C1CC(C)N(C(=O)C(Cl)Cl)c2ccccc21. The summed E-state index contributed by atoms with van der Waals surface area (Å²) < 4.78 is 4.84. The Morgan fingerprint density at radius 3 is 2.60 bits per heavy atom. The minimum Gasteiger partial charge on any atom is -0.469 e. The number of halogens is 2. The van der Waals surface area contributed by atoms with Crippen LogP contribution in [-0.4, -0.2) is 29.9 Å². The second-order valence-electron chi connectivity index (χ2n) is 4.73. The molecule has 2 unspecified atom stereocenters. The van der Waals surface area contributed by atoms with Crippen molar-refractivity contribution in [3.8, 4) is 0 Å². The van der Waals surface area contributed by atoms with E-state index in [1.54, 1.807) is 11.0 Å². The van der Waals surface area contributed by atoms with Crippen LogP contribution in [0.15, 0.2) is 24.3 Å². The van der Waals surface area contributed by atoms with Crippen LogP contribution in [-0.2, 0) is 14.3 Å². The lowest BCUT2D eigenvalue weighted by Gasteiger charge is -2.38. The van der Waals surface area contributed by atoms with Crippen LogP contribution in [0.1, 0.15) is 24.8 Å². The van der Waals surface area contributed by atoms with Crippen LogP contribution in [0.3, 0.4) is 0 Å². The number of para-hydroxylation sites is 1. The minimum absolute atomic E-state index is 0.179. The molecule has 1 aliphatic rings. The second-order valence-corrected chi connectivity index (χ2v) is 5.82. The number of nitrogens with zero attached hydrogens (tertiary/aromatic N) is 1. The van der Waals surface area contributed by atoms with Crippen LogP contribution in [0.5, 0.6) is 0 Å². The summed E-state index contributed by atoms with van der Waals surface area (Å²) in [6, 6.07) is 7.06. The molecule has 108 valence electrons. The summed E-state index contributed by atoms with van der Waals surface area (Å²) in [5.41, 5.74) is 1.43. The zero-order valence-electron chi connectivity index (χ0n) is 11.2. The van der Waals surface area contributed by atoms with Gasteiger partial charge in [0, 0.05) is 11.7 Å². The van der Waals surface area contributed by atoms with Gasteiger partial charge in [-0.15, -0.1) is 0 Å². The molecule has 0 fully saturated rings. The van der Waals surface area contributed by atoms with Gasteiger partial charge in [0.1, 0.15) is 0 Å². The van der Waals surface area contributed by atoms with Crippen LogP contribution in [0.2, 0.25) is 0 Å². The number of rotatable bonds is 2. The monoisotopic (exact) mass is 315 g/mol. The smallest absolute Gasteiger partial charge is 0.313 e. The number of fused-ring (bicyclic) bond motifs is 1. The van der Waals surface area contributed by atoms with Crippen molar-refractivity contribution in [2.75, 3.05) is 12.0 Å². The molecule has 1 aromatic rings. The molecule has 1 heterocycles. The molecular weight excluding hydrogens is 301 g/mol. The van der Waals surface area contributed by atoms with Gasteiger partial charge in [0.2, 0.25) is 0 Å². The Balaban J connectivity index is 2.48. The van der Waals surface area contributed by atoms with Gasteiger partial charge < -0.3 is 9.64 Å². The predicted molar refractivity (Wildman–Crippen MR) is 78.3 cm³/mol. The van der Waals surface area contributed by atoms with Crippen LogP contribution in [0.25, 0.3) is 0 Å². The molecule has 1 aliphatic heterocycles. The number of amides is 1. The van der Waals surface area contributed by atoms with Crippen molar-refractivity contribution in [3.05, 3.63) is 29.8 Å². The first kappa shape index (κ1) is 15.1. The molecule has 1 aromatic carbocycles. The molecule has 0 bridgehead atoms. The van der Waals surface area contributed by atoms with Crippen molar-refractivity contribution < 1.29 is 14.3 Å².